The molecule has 13 heavy (non-hydrogen) atoms. The van der Waals surface area contributed by atoms with Gasteiger partial charge in [0.2, 0.25) is 0 Å². The van der Waals surface area contributed by atoms with Crippen molar-refractivity contribution in [2.24, 2.45) is 17.3 Å². The number of aliphatic hydroxyl groups excluding tert-OH is 1. The Balaban J connectivity index is 4.62. The van der Waals surface area contributed by atoms with Crippen molar-refractivity contribution in [3.63, 3.8) is 0 Å². The van der Waals surface area contributed by atoms with E-state index in [4.69, 9.17) is 5.11 Å². The van der Waals surface area contributed by atoms with Gasteiger partial charge in [-0.15, -0.1) is 0 Å². The Morgan fingerprint density at radius 3 is 2.00 bits per heavy atom. The summed E-state index contributed by atoms with van der Waals surface area (Å²) < 4.78 is 0. The van der Waals surface area contributed by atoms with Crippen LogP contribution in [0.2, 0.25) is 0 Å². The highest BCUT2D eigenvalue weighted by molar-refractivity contribution is 5.85. The lowest BCUT2D eigenvalue weighted by molar-refractivity contribution is -0.134. The molecule has 0 fully saturated rings. The van der Waals surface area contributed by atoms with Gasteiger partial charge in [-0.2, -0.15) is 0 Å². The second-order valence-corrected chi connectivity index (χ2v) is 4.75. The number of carbonyl (C=O) groups is 1. The van der Waals surface area contributed by atoms with Crippen molar-refractivity contribution < 1.29 is 9.90 Å². The minimum absolute atomic E-state index is 0.0313. The minimum Gasteiger partial charge on any atom is -0.389 e. The third-order valence-electron chi connectivity index (χ3n) is 2.89. The maximum absolute atomic E-state index is 11.6. The van der Waals surface area contributed by atoms with Gasteiger partial charge in [0.05, 0.1) is 0 Å². The van der Waals surface area contributed by atoms with Crippen LogP contribution in [0, 0.1) is 17.3 Å². The molecule has 0 aromatic heterocycles. The van der Waals surface area contributed by atoms with E-state index in [0.717, 1.165) is 6.42 Å². The summed E-state index contributed by atoms with van der Waals surface area (Å²) in [5.74, 6) is 0.744. The highest BCUT2D eigenvalue weighted by Gasteiger charge is 2.35. The molecular weight excluding hydrogens is 164 g/mol. The Kier molecular flexibility index (Phi) is 4.62. The van der Waals surface area contributed by atoms with Gasteiger partial charge in [0, 0.05) is 5.41 Å². The molecule has 1 N–H and O–H groups in total. The lowest BCUT2D eigenvalue weighted by atomic mass is 9.70. The van der Waals surface area contributed by atoms with E-state index in [1.807, 2.05) is 20.8 Å². The fourth-order valence-electron chi connectivity index (χ4n) is 1.70. The van der Waals surface area contributed by atoms with Crippen molar-refractivity contribution in [1.82, 2.24) is 0 Å². The van der Waals surface area contributed by atoms with Crippen molar-refractivity contribution in [3.8, 4) is 0 Å². The molecule has 0 saturated heterocycles. The third kappa shape index (κ3) is 3.11. The van der Waals surface area contributed by atoms with Gasteiger partial charge < -0.3 is 5.11 Å². The normalized spacial score (nSPS) is 16.3. The van der Waals surface area contributed by atoms with Crippen LogP contribution in [0.4, 0.5) is 0 Å². The van der Waals surface area contributed by atoms with Crippen LogP contribution in [-0.4, -0.2) is 17.5 Å². The van der Waals surface area contributed by atoms with Crippen LogP contribution in [-0.2, 0) is 4.79 Å². The summed E-state index contributed by atoms with van der Waals surface area (Å²) in [6, 6.07) is 0. The van der Waals surface area contributed by atoms with Gasteiger partial charge in [-0.3, -0.25) is 4.79 Å². The van der Waals surface area contributed by atoms with E-state index < -0.39 is 0 Å². The molecule has 0 aromatic rings. The Bertz CT molecular complexity index is 173. The summed E-state index contributed by atoms with van der Waals surface area (Å²) in [7, 11) is 0. The molecule has 0 saturated carbocycles. The average molecular weight is 186 g/mol. The minimum atomic E-state index is -0.358. The van der Waals surface area contributed by atoms with E-state index in [1.165, 1.54) is 0 Å². The van der Waals surface area contributed by atoms with Crippen molar-refractivity contribution in [2.75, 3.05) is 6.61 Å². The number of rotatable bonds is 5. The van der Waals surface area contributed by atoms with Gasteiger partial charge in [-0.05, 0) is 18.3 Å². The molecule has 0 aliphatic carbocycles. The molecule has 0 spiro atoms. The smallest absolute Gasteiger partial charge is 0.164 e. The Labute approximate surface area is 81.3 Å². The average Bonchev–Trinajstić information content (AvgIpc) is 2.01. The second-order valence-electron chi connectivity index (χ2n) is 4.75. The molecule has 0 heterocycles. The number of aliphatic hydroxyl groups is 1. The molecule has 78 valence electrons. The van der Waals surface area contributed by atoms with E-state index in [-0.39, 0.29) is 23.7 Å². The summed E-state index contributed by atoms with van der Waals surface area (Å²) in [5.41, 5.74) is -0.358. The maximum atomic E-state index is 11.6. The van der Waals surface area contributed by atoms with Gasteiger partial charge in [-0.25, -0.2) is 0 Å². The third-order valence-corrected chi connectivity index (χ3v) is 2.89. The predicted molar refractivity (Wildman–Crippen MR) is 54.5 cm³/mol. The standard InChI is InChI=1S/C11H22O2/c1-8(2)6-11(5,9(3)4)10(13)7-12/h8-9,12H,6-7H2,1-5H3. The summed E-state index contributed by atoms with van der Waals surface area (Å²) in [6.07, 6.45) is 0.851. The van der Waals surface area contributed by atoms with Crippen LogP contribution in [0.3, 0.4) is 0 Å². The molecule has 0 aromatic carbocycles. The monoisotopic (exact) mass is 186 g/mol. The van der Waals surface area contributed by atoms with Crippen LogP contribution < -0.4 is 0 Å². The molecule has 2 heteroatoms. The van der Waals surface area contributed by atoms with Crippen molar-refractivity contribution >= 4 is 5.78 Å². The molecule has 2 nitrogen and oxygen atoms in total. The molecule has 0 bridgehead atoms. The van der Waals surface area contributed by atoms with Crippen LogP contribution in [0.5, 0.6) is 0 Å². The SMILES string of the molecule is CC(C)CC(C)(C(=O)CO)C(C)C. The maximum Gasteiger partial charge on any atom is 0.164 e. The van der Waals surface area contributed by atoms with E-state index in [1.54, 1.807) is 0 Å². The molecule has 0 amide bonds. The fourth-order valence-corrected chi connectivity index (χ4v) is 1.70. The van der Waals surface area contributed by atoms with Gasteiger partial charge in [0.1, 0.15) is 6.61 Å². The van der Waals surface area contributed by atoms with E-state index in [2.05, 4.69) is 13.8 Å². The molecule has 0 aliphatic rings. The Hall–Kier alpha value is -0.370. The number of carbonyl (C=O) groups excluding carboxylic acids is 1. The number of hydrogen-bond donors (Lipinski definition) is 1. The predicted octanol–water partition coefficient (Wildman–Crippen LogP) is 2.26. The zero-order valence-corrected chi connectivity index (χ0v) is 9.42. The fraction of sp³-hybridized carbons (Fsp3) is 0.909. The molecule has 0 radical (unpaired) electrons. The first-order chi connectivity index (χ1) is 5.84. The first kappa shape index (κ1) is 12.6. The highest BCUT2D eigenvalue weighted by atomic mass is 16.3. The topological polar surface area (TPSA) is 37.3 Å². The van der Waals surface area contributed by atoms with E-state index in [9.17, 15) is 4.79 Å². The Morgan fingerprint density at radius 2 is 1.77 bits per heavy atom. The van der Waals surface area contributed by atoms with Crippen LogP contribution in [0.1, 0.15) is 41.0 Å². The van der Waals surface area contributed by atoms with Crippen molar-refractivity contribution in [3.05, 3.63) is 0 Å². The first-order valence-electron chi connectivity index (χ1n) is 4.98. The van der Waals surface area contributed by atoms with Crippen molar-refractivity contribution in [1.29, 1.82) is 0 Å². The first-order valence-corrected chi connectivity index (χ1v) is 4.98. The largest absolute Gasteiger partial charge is 0.389 e. The van der Waals surface area contributed by atoms with Gasteiger partial charge in [0.25, 0.3) is 0 Å². The zero-order valence-electron chi connectivity index (χ0n) is 9.42. The quantitative estimate of drug-likeness (QED) is 0.715. The summed E-state index contributed by atoms with van der Waals surface area (Å²) in [4.78, 5) is 11.6. The lowest BCUT2D eigenvalue weighted by Crippen LogP contribution is -2.36. The summed E-state index contributed by atoms with van der Waals surface area (Å²) in [5, 5.41) is 8.88. The molecule has 1 atom stereocenters. The highest BCUT2D eigenvalue weighted by Crippen LogP contribution is 2.34. The Morgan fingerprint density at radius 1 is 1.31 bits per heavy atom. The zero-order chi connectivity index (χ0) is 10.6. The van der Waals surface area contributed by atoms with E-state index >= 15 is 0 Å². The van der Waals surface area contributed by atoms with E-state index in [0.29, 0.717) is 5.92 Å². The van der Waals surface area contributed by atoms with Crippen LogP contribution in [0.15, 0.2) is 0 Å². The second kappa shape index (κ2) is 4.75. The molecule has 0 aliphatic heterocycles. The summed E-state index contributed by atoms with van der Waals surface area (Å²) in [6.45, 7) is 9.90. The number of ketones is 1. The molecule has 1 unspecified atom stereocenters. The van der Waals surface area contributed by atoms with Crippen LogP contribution >= 0.6 is 0 Å². The van der Waals surface area contributed by atoms with Gasteiger partial charge in [0.15, 0.2) is 5.78 Å². The van der Waals surface area contributed by atoms with Gasteiger partial charge in [-0.1, -0.05) is 34.6 Å². The van der Waals surface area contributed by atoms with Crippen molar-refractivity contribution in [2.45, 2.75) is 41.0 Å². The summed E-state index contributed by atoms with van der Waals surface area (Å²) >= 11 is 0. The number of hydrogen-bond acceptors (Lipinski definition) is 2. The number of Topliss-reactive ketones (excluding diaryl/α,β-unsaturated/α-hetero) is 1. The lowest BCUT2D eigenvalue weighted by Gasteiger charge is -2.33. The molecule has 0 rings (SSSR count). The van der Waals surface area contributed by atoms with Crippen LogP contribution in [0.25, 0.3) is 0 Å². The molecular formula is C11H22O2. The van der Waals surface area contributed by atoms with Gasteiger partial charge >= 0.3 is 0 Å².